The summed E-state index contributed by atoms with van der Waals surface area (Å²) in [4.78, 5) is 16.3. The minimum absolute atomic E-state index is 0.0387. The molecule has 0 saturated carbocycles. The molecule has 0 spiro atoms. The van der Waals surface area contributed by atoms with E-state index in [4.69, 9.17) is 5.11 Å². The van der Waals surface area contributed by atoms with Gasteiger partial charge in [-0.3, -0.25) is 4.98 Å². The third-order valence-corrected chi connectivity index (χ3v) is 3.14. The molecule has 0 atom stereocenters. The fraction of sp³-hybridized carbons (Fsp3) is 0.200. The number of hydrogen-bond acceptors (Lipinski definition) is 3. The second-order valence-corrected chi connectivity index (χ2v) is 4.44. The second-order valence-electron chi connectivity index (χ2n) is 4.44. The highest BCUT2D eigenvalue weighted by molar-refractivity contribution is 5.88. The SMILES string of the molecule is CCN(Cc1ccncc1)c1ccc(C(=O)O)c(F)c1F. The number of pyridine rings is 1. The van der Waals surface area contributed by atoms with E-state index in [1.165, 1.54) is 6.07 Å². The summed E-state index contributed by atoms with van der Waals surface area (Å²) < 4.78 is 27.8. The van der Waals surface area contributed by atoms with Gasteiger partial charge in [0.05, 0.1) is 11.3 Å². The highest BCUT2D eigenvalue weighted by Gasteiger charge is 2.20. The lowest BCUT2D eigenvalue weighted by atomic mass is 10.1. The molecule has 0 aliphatic heterocycles. The van der Waals surface area contributed by atoms with Gasteiger partial charge < -0.3 is 10.0 Å². The monoisotopic (exact) mass is 292 g/mol. The van der Waals surface area contributed by atoms with Crippen molar-refractivity contribution in [3.05, 3.63) is 59.4 Å². The lowest BCUT2D eigenvalue weighted by Crippen LogP contribution is -2.24. The van der Waals surface area contributed by atoms with Crippen LogP contribution in [0.15, 0.2) is 36.7 Å². The van der Waals surface area contributed by atoms with Crippen LogP contribution >= 0.6 is 0 Å². The average molecular weight is 292 g/mol. The number of nitrogens with zero attached hydrogens (tertiary/aromatic N) is 2. The Labute approximate surface area is 120 Å². The zero-order chi connectivity index (χ0) is 15.4. The number of aromatic carboxylic acids is 1. The Kier molecular flexibility index (Phi) is 4.47. The third kappa shape index (κ3) is 3.16. The van der Waals surface area contributed by atoms with Crippen LogP contribution in [-0.2, 0) is 6.54 Å². The maximum absolute atomic E-state index is 14.1. The van der Waals surface area contributed by atoms with Gasteiger partial charge in [0.1, 0.15) is 0 Å². The Morgan fingerprint density at radius 3 is 2.43 bits per heavy atom. The topological polar surface area (TPSA) is 53.4 Å². The van der Waals surface area contributed by atoms with Gasteiger partial charge in [-0.1, -0.05) is 0 Å². The number of benzene rings is 1. The predicted molar refractivity (Wildman–Crippen MR) is 74.3 cm³/mol. The Morgan fingerprint density at radius 1 is 1.19 bits per heavy atom. The highest BCUT2D eigenvalue weighted by Crippen LogP contribution is 2.25. The van der Waals surface area contributed by atoms with Crippen LogP contribution in [0.3, 0.4) is 0 Å². The molecular weight excluding hydrogens is 278 g/mol. The fourth-order valence-electron chi connectivity index (χ4n) is 2.02. The van der Waals surface area contributed by atoms with Crippen molar-refractivity contribution in [1.82, 2.24) is 4.98 Å². The molecule has 1 N–H and O–H groups in total. The van der Waals surface area contributed by atoms with Gasteiger partial charge in [-0.25, -0.2) is 13.6 Å². The lowest BCUT2D eigenvalue weighted by molar-refractivity contribution is 0.0690. The first kappa shape index (κ1) is 14.9. The van der Waals surface area contributed by atoms with Gasteiger partial charge in [0.15, 0.2) is 11.6 Å². The summed E-state index contributed by atoms with van der Waals surface area (Å²) in [5, 5.41) is 8.78. The number of aromatic nitrogens is 1. The normalized spacial score (nSPS) is 10.4. The molecule has 21 heavy (non-hydrogen) atoms. The van der Waals surface area contributed by atoms with Crippen LogP contribution in [0.1, 0.15) is 22.8 Å². The van der Waals surface area contributed by atoms with E-state index in [2.05, 4.69) is 4.98 Å². The van der Waals surface area contributed by atoms with Gasteiger partial charge in [-0.15, -0.1) is 0 Å². The summed E-state index contributed by atoms with van der Waals surface area (Å²) in [7, 11) is 0. The van der Waals surface area contributed by atoms with Crippen LogP contribution in [0.25, 0.3) is 0 Å². The first-order valence-electron chi connectivity index (χ1n) is 6.39. The molecule has 0 radical (unpaired) electrons. The smallest absolute Gasteiger partial charge is 0.338 e. The Morgan fingerprint density at radius 2 is 1.86 bits per heavy atom. The molecule has 1 aromatic carbocycles. The van der Waals surface area contributed by atoms with Crippen molar-refractivity contribution in [3.63, 3.8) is 0 Å². The molecule has 4 nitrogen and oxygen atoms in total. The second kappa shape index (κ2) is 6.30. The van der Waals surface area contributed by atoms with Crippen molar-refractivity contribution in [2.45, 2.75) is 13.5 Å². The van der Waals surface area contributed by atoms with Crippen LogP contribution in [0.4, 0.5) is 14.5 Å². The molecule has 1 aromatic heterocycles. The minimum atomic E-state index is -1.49. The van der Waals surface area contributed by atoms with Gasteiger partial charge in [0.25, 0.3) is 0 Å². The summed E-state index contributed by atoms with van der Waals surface area (Å²) in [6, 6.07) is 5.92. The first-order valence-corrected chi connectivity index (χ1v) is 6.39. The lowest BCUT2D eigenvalue weighted by Gasteiger charge is -2.24. The zero-order valence-corrected chi connectivity index (χ0v) is 11.4. The quantitative estimate of drug-likeness (QED) is 0.920. The van der Waals surface area contributed by atoms with E-state index in [9.17, 15) is 13.6 Å². The fourth-order valence-corrected chi connectivity index (χ4v) is 2.02. The molecule has 0 saturated heterocycles. The average Bonchev–Trinajstić information content (AvgIpc) is 2.48. The predicted octanol–water partition coefficient (Wildman–Crippen LogP) is 3.08. The molecule has 0 bridgehead atoms. The number of halogens is 2. The molecule has 110 valence electrons. The Bertz CT molecular complexity index is 648. The van der Waals surface area contributed by atoms with E-state index >= 15 is 0 Å². The third-order valence-electron chi connectivity index (χ3n) is 3.14. The summed E-state index contributed by atoms with van der Waals surface area (Å²) in [6.45, 7) is 2.64. The number of carbonyl (C=O) groups is 1. The van der Waals surface area contributed by atoms with Crippen molar-refractivity contribution in [2.24, 2.45) is 0 Å². The molecule has 2 aromatic rings. The van der Waals surface area contributed by atoms with Gasteiger partial charge in [0.2, 0.25) is 0 Å². The molecule has 0 aliphatic carbocycles. The molecular formula is C15H14F2N2O2. The van der Waals surface area contributed by atoms with Crippen molar-refractivity contribution in [2.75, 3.05) is 11.4 Å². The van der Waals surface area contributed by atoms with E-state index in [-0.39, 0.29) is 5.69 Å². The molecule has 6 heteroatoms. The van der Waals surface area contributed by atoms with Gasteiger partial charge in [0, 0.05) is 25.5 Å². The molecule has 0 aliphatic rings. The van der Waals surface area contributed by atoms with Crippen molar-refractivity contribution in [1.29, 1.82) is 0 Å². The Balaban J connectivity index is 2.35. The minimum Gasteiger partial charge on any atom is -0.478 e. The van der Waals surface area contributed by atoms with E-state index in [1.807, 2.05) is 6.92 Å². The molecule has 0 amide bonds. The van der Waals surface area contributed by atoms with Crippen LogP contribution in [0.5, 0.6) is 0 Å². The standard InChI is InChI=1S/C15H14F2N2O2/c1-2-19(9-10-5-7-18-8-6-10)12-4-3-11(15(20)21)13(16)14(12)17/h3-8H,2,9H2,1H3,(H,20,21). The van der Waals surface area contributed by atoms with E-state index in [0.717, 1.165) is 11.6 Å². The summed E-state index contributed by atoms with van der Waals surface area (Å²) in [5.74, 6) is -3.98. The number of hydrogen-bond donors (Lipinski definition) is 1. The van der Waals surface area contributed by atoms with Gasteiger partial charge in [-0.05, 0) is 36.8 Å². The molecule has 0 fully saturated rings. The van der Waals surface area contributed by atoms with E-state index in [0.29, 0.717) is 13.1 Å². The summed E-state index contributed by atoms with van der Waals surface area (Å²) >= 11 is 0. The van der Waals surface area contributed by atoms with Gasteiger partial charge in [-0.2, -0.15) is 0 Å². The molecule has 0 unspecified atom stereocenters. The van der Waals surface area contributed by atoms with E-state index < -0.39 is 23.2 Å². The summed E-state index contributed by atoms with van der Waals surface area (Å²) in [6.07, 6.45) is 3.24. The zero-order valence-electron chi connectivity index (χ0n) is 11.4. The maximum Gasteiger partial charge on any atom is 0.338 e. The highest BCUT2D eigenvalue weighted by atomic mass is 19.2. The van der Waals surface area contributed by atoms with Crippen LogP contribution in [0, 0.1) is 11.6 Å². The maximum atomic E-state index is 14.1. The van der Waals surface area contributed by atoms with Crippen LogP contribution in [0.2, 0.25) is 0 Å². The Hall–Kier alpha value is -2.50. The largest absolute Gasteiger partial charge is 0.478 e. The van der Waals surface area contributed by atoms with Crippen molar-refractivity contribution < 1.29 is 18.7 Å². The van der Waals surface area contributed by atoms with Crippen molar-refractivity contribution >= 4 is 11.7 Å². The molecule has 2 rings (SSSR count). The number of carboxylic acids is 1. The molecule has 1 heterocycles. The number of carboxylic acid groups (broad SMARTS) is 1. The van der Waals surface area contributed by atoms with Gasteiger partial charge >= 0.3 is 5.97 Å². The van der Waals surface area contributed by atoms with Crippen molar-refractivity contribution in [3.8, 4) is 0 Å². The van der Waals surface area contributed by atoms with Crippen LogP contribution in [-0.4, -0.2) is 22.6 Å². The number of rotatable bonds is 5. The van der Waals surface area contributed by atoms with Crippen LogP contribution < -0.4 is 4.90 Å². The number of anilines is 1. The first-order chi connectivity index (χ1) is 10.0. The van der Waals surface area contributed by atoms with E-state index in [1.54, 1.807) is 29.4 Å². The summed E-state index contributed by atoms with van der Waals surface area (Å²) in [5.41, 5.74) is 0.266.